The molecule has 0 bridgehead atoms. The Morgan fingerprint density at radius 1 is 1.54 bits per heavy atom. The Bertz CT molecular complexity index is 784. The Labute approximate surface area is 163 Å². The molecule has 10 heteroatoms. The standard InChI is InChI=1S/C18H26N8O2/c1-22-10-13(17(21)28-2)18(27)25-15-7-3-6-14(24-15)16(20)26(11-19)12-5-4-8-23-9-12/h3,6-7,10-12,19-20,23H,4-5,8-9,21H2,1-2H3,(H,24,25,27). The van der Waals surface area contributed by atoms with Crippen molar-refractivity contribution in [1.29, 1.82) is 10.8 Å². The van der Waals surface area contributed by atoms with E-state index in [9.17, 15) is 4.79 Å². The van der Waals surface area contributed by atoms with Gasteiger partial charge >= 0.3 is 0 Å². The molecule has 1 fully saturated rings. The fraction of sp³-hybridized carbons (Fsp3) is 0.389. The minimum absolute atomic E-state index is 0.0237. The van der Waals surface area contributed by atoms with Crippen LogP contribution >= 0.6 is 0 Å². The van der Waals surface area contributed by atoms with E-state index >= 15 is 0 Å². The van der Waals surface area contributed by atoms with Crippen LogP contribution in [0.3, 0.4) is 0 Å². The molecule has 6 N–H and O–H groups in total. The van der Waals surface area contributed by atoms with Crippen molar-refractivity contribution in [2.75, 3.05) is 32.6 Å². The first kappa shape index (κ1) is 21.0. The van der Waals surface area contributed by atoms with Gasteiger partial charge in [0.05, 0.1) is 13.4 Å². The van der Waals surface area contributed by atoms with E-state index in [1.807, 2.05) is 0 Å². The van der Waals surface area contributed by atoms with E-state index in [1.165, 1.54) is 20.4 Å². The molecule has 0 saturated carbocycles. The quantitative estimate of drug-likeness (QED) is 0.199. The lowest BCUT2D eigenvalue weighted by Crippen LogP contribution is -2.48. The molecule has 1 atom stereocenters. The lowest BCUT2D eigenvalue weighted by molar-refractivity contribution is -0.112. The van der Waals surface area contributed by atoms with Crippen molar-refractivity contribution in [2.24, 2.45) is 10.7 Å². The van der Waals surface area contributed by atoms with E-state index in [1.54, 1.807) is 23.1 Å². The Morgan fingerprint density at radius 3 is 2.93 bits per heavy atom. The number of amides is 1. The summed E-state index contributed by atoms with van der Waals surface area (Å²) in [6, 6.07) is 4.98. The second kappa shape index (κ2) is 10.2. The third-order valence-electron chi connectivity index (χ3n) is 4.28. The summed E-state index contributed by atoms with van der Waals surface area (Å²) in [4.78, 5) is 22.2. The molecule has 1 saturated heterocycles. The summed E-state index contributed by atoms with van der Waals surface area (Å²) >= 11 is 0. The average Bonchev–Trinajstić information content (AvgIpc) is 2.72. The molecule has 0 radical (unpaired) electrons. The van der Waals surface area contributed by atoms with Gasteiger partial charge in [-0.05, 0) is 31.5 Å². The molecule has 150 valence electrons. The molecule has 0 aliphatic carbocycles. The van der Waals surface area contributed by atoms with Gasteiger partial charge in [-0.1, -0.05) is 6.07 Å². The van der Waals surface area contributed by atoms with Crippen LogP contribution < -0.4 is 16.4 Å². The minimum atomic E-state index is -0.526. The van der Waals surface area contributed by atoms with Gasteiger partial charge in [-0.25, -0.2) is 4.98 Å². The Balaban J connectivity index is 2.19. The lowest BCUT2D eigenvalue weighted by atomic mass is 10.1. The van der Waals surface area contributed by atoms with Gasteiger partial charge in [0.2, 0.25) is 0 Å². The molecular formula is C18H26N8O2. The van der Waals surface area contributed by atoms with Gasteiger partial charge in [0, 0.05) is 25.8 Å². The van der Waals surface area contributed by atoms with Crippen LogP contribution in [0.1, 0.15) is 18.5 Å². The van der Waals surface area contributed by atoms with Crippen molar-refractivity contribution in [1.82, 2.24) is 15.2 Å². The van der Waals surface area contributed by atoms with Crippen molar-refractivity contribution in [3.8, 4) is 0 Å². The number of hydrogen-bond acceptors (Lipinski definition) is 8. The number of nitrogens with zero attached hydrogens (tertiary/aromatic N) is 3. The summed E-state index contributed by atoms with van der Waals surface area (Å²) in [7, 11) is 2.88. The van der Waals surface area contributed by atoms with E-state index in [-0.39, 0.29) is 29.2 Å². The highest BCUT2D eigenvalue weighted by atomic mass is 16.5. The number of anilines is 1. The zero-order chi connectivity index (χ0) is 20.5. The summed E-state index contributed by atoms with van der Waals surface area (Å²) in [5.41, 5.74) is 6.11. The van der Waals surface area contributed by atoms with Crippen molar-refractivity contribution in [2.45, 2.75) is 18.9 Å². The number of pyridine rings is 1. The zero-order valence-corrected chi connectivity index (χ0v) is 16.0. The highest BCUT2D eigenvalue weighted by molar-refractivity contribution is 6.17. The second-order valence-corrected chi connectivity index (χ2v) is 6.12. The highest BCUT2D eigenvalue weighted by Crippen LogP contribution is 2.14. The Hall–Kier alpha value is -3.27. The molecule has 0 spiro atoms. The first-order valence-electron chi connectivity index (χ1n) is 8.84. The predicted octanol–water partition coefficient (Wildman–Crippen LogP) is 0.524. The lowest BCUT2D eigenvalue weighted by Gasteiger charge is -2.32. The number of ether oxygens (including phenoxy) is 1. The Kier molecular flexibility index (Phi) is 7.64. The fourth-order valence-corrected chi connectivity index (χ4v) is 2.85. The zero-order valence-electron chi connectivity index (χ0n) is 16.0. The maximum Gasteiger partial charge on any atom is 0.263 e. The highest BCUT2D eigenvalue weighted by Gasteiger charge is 2.23. The van der Waals surface area contributed by atoms with Gasteiger partial charge in [-0.2, -0.15) is 0 Å². The van der Waals surface area contributed by atoms with Gasteiger partial charge in [-0.15, -0.1) is 0 Å². The maximum absolute atomic E-state index is 12.5. The molecule has 2 heterocycles. The SMILES string of the molecule is CN=CC(C(=O)Nc1cccc(C(=N)N(C=N)C2CCCNC2)n1)=C(N)OC. The van der Waals surface area contributed by atoms with Crippen molar-refractivity contribution in [3.05, 3.63) is 35.3 Å². The molecule has 1 aliphatic heterocycles. The Morgan fingerprint density at radius 2 is 2.32 bits per heavy atom. The summed E-state index contributed by atoms with van der Waals surface area (Å²) < 4.78 is 4.91. The smallest absolute Gasteiger partial charge is 0.263 e. The van der Waals surface area contributed by atoms with E-state index < -0.39 is 5.91 Å². The molecule has 1 amide bonds. The first-order chi connectivity index (χ1) is 13.5. The van der Waals surface area contributed by atoms with Crippen LogP contribution in [0, 0.1) is 10.8 Å². The largest absolute Gasteiger partial charge is 0.482 e. The van der Waals surface area contributed by atoms with Crippen LogP contribution in [-0.4, -0.2) is 67.5 Å². The van der Waals surface area contributed by atoms with Crippen LogP contribution in [0.5, 0.6) is 0 Å². The van der Waals surface area contributed by atoms with Gasteiger partial charge in [0.15, 0.2) is 11.7 Å². The van der Waals surface area contributed by atoms with Crippen LogP contribution in [0.4, 0.5) is 5.82 Å². The van der Waals surface area contributed by atoms with E-state index in [0.717, 1.165) is 25.7 Å². The third-order valence-corrected chi connectivity index (χ3v) is 4.28. The van der Waals surface area contributed by atoms with Crippen LogP contribution in [0.15, 0.2) is 34.6 Å². The van der Waals surface area contributed by atoms with E-state index in [2.05, 4.69) is 20.6 Å². The van der Waals surface area contributed by atoms with Crippen molar-refractivity contribution >= 4 is 30.1 Å². The molecule has 2 rings (SSSR count). The molecule has 28 heavy (non-hydrogen) atoms. The average molecular weight is 386 g/mol. The second-order valence-electron chi connectivity index (χ2n) is 6.12. The maximum atomic E-state index is 12.5. The number of nitrogens with one attached hydrogen (secondary N) is 4. The number of methoxy groups -OCH3 is 1. The van der Waals surface area contributed by atoms with Crippen LogP contribution in [0.25, 0.3) is 0 Å². The number of piperidine rings is 1. The van der Waals surface area contributed by atoms with Gasteiger partial charge in [0.1, 0.15) is 17.1 Å². The number of carbonyl (C=O) groups is 1. The number of aromatic nitrogens is 1. The number of amidine groups is 1. The van der Waals surface area contributed by atoms with E-state index in [4.69, 9.17) is 21.3 Å². The van der Waals surface area contributed by atoms with E-state index in [0.29, 0.717) is 12.2 Å². The number of nitrogens with two attached hydrogens (primary N) is 1. The molecule has 0 aromatic carbocycles. The summed E-state index contributed by atoms with van der Waals surface area (Å²) in [5.74, 6) is -0.236. The van der Waals surface area contributed by atoms with Gasteiger partial charge in [-0.3, -0.25) is 20.6 Å². The summed E-state index contributed by atoms with van der Waals surface area (Å²) in [6.45, 7) is 1.64. The number of aliphatic imine (C=N–C) groups is 1. The molecule has 1 unspecified atom stereocenters. The third kappa shape index (κ3) is 5.13. The van der Waals surface area contributed by atoms with Crippen LogP contribution in [-0.2, 0) is 9.53 Å². The molecule has 10 nitrogen and oxygen atoms in total. The number of carbonyl (C=O) groups excluding carboxylic acids is 1. The van der Waals surface area contributed by atoms with Gasteiger partial charge < -0.3 is 26.0 Å². The number of rotatable bonds is 7. The van der Waals surface area contributed by atoms with Gasteiger partial charge in [0.25, 0.3) is 5.91 Å². The molecule has 1 aliphatic rings. The molecule has 1 aromatic heterocycles. The normalized spacial score (nSPS) is 17.6. The topological polar surface area (TPSA) is 153 Å². The van der Waals surface area contributed by atoms with Crippen molar-refractivity contribution in [3.63, 3.8) is 0 Å². The first-order valence-corrected chi connectivity index (χ1v) is 8.84. The minimum Gasteiger partial charge on any atom is -0.482 e. The monoisotopic (exact) mass is 386 g/mol. The molecular weight excluding hydrogens is 360 g/mol. The fourth-order valence-electron chi connectivity index (χ4n) is 2.85. The summed E-state index contributed by atoms with van der Waals surface area (Å²) in [6.07, 6.45) is 4.32. The number of hydrogen-bond donors (Lipinski definition) is 5. The van der Waals surface area contributed by atoms with Crippen LogP contribution in [0.2, 0.25) is 0 Å². The summed E-state index contributed by atoms with van der Waals surface area (Å²) in [5, 5.41) is 22.1. The predicted molar refractivity (Wildman–Crippen MR) is 109 cm³/mol. The molecule has 1 aromatic rings. The van der Waals surface area contributed by atoms with Crippen molar-refractivity contribution < 1.29 is 9.53 Å².